The maximum atomic E-state index is 8.72. The van der Waals surface area contributed by atoms with Gasteiger partial charge in [0.05, 0.1) is 18.5 Å². The molecule has 0 spiro atoms. The van der Waals surface area contributed by atoms with E-state index >= 15 is 0 Å². The van der Waals surface area contributed by atoms with E-state index in [0.717, 1.165) is 18.9 Å². The number of hydrogen-bond donors (Lipinski definition) is 0. The summed E-state index contributed by atoms with van der Waals surface area (Å²) in [4.78, 5) is 8.36. The Morgan fingerprint density at radius 1 is 1.57 bits per heavy atom. The minimum atomic E-state index is 0.431. The average Bonchev–Trinajstić information content (AvgIpc) is 2.10. The zero-order valence-corrected chi connectivity index (χ0v) is 8.54. The van der Waals surface area contributed by atoms with E-state index in [2.05, 4.69) is 9.97 Å². The zero-order chi connectivity index (χ0) is 9.97. The second kappa shape index (κ2) is 3.95. The third-order valence-corrected chi connectivity index (χ3v) is 2.83. The van der Waals surface area contributed by atoms with Gasteiger partial charge in [-0.1, -0.05) is 11.8 Å². The molecule has 0 aliphatic carbocycles. The van der Waals surface area contributed by atoms with Crippen molar-refractivity contribution >= 4 is 11.8 Å². The molecule has 72 valence electrons. The first-order valence-electron chi connectivity index (χ1n) is 4.28. The van der Waals surface area contributed by atoms with Crippen LogP contribution in [0, 0.1) is 18.3 Å². The minimum Gasteiger partial charge on any atom is -0.379 e. The smallest absolute Gasteiger partial charge is 0.189 e. The molecule has 0 N–H and O–H groups in total. The van der Waals surface area contributed by atoms with Crippen molar-refractivity contribution in [3.8, 4) is 6.07 Å². The van der Waals surface area contributed by atoms with E-state index in [1.807, 2.05) is 13.0 Å². The molecule has 0 saturated carbocycles. The monoisotopic (exact) mass is 207 g/mol. The predicted molar refractivity (Wildman–Crippen MR) is 51.9 cm³/mol. The number of hydrogen-bond acceptors (Lipinski definition) is 5. The molecule has 0 atom stereocenters. The van der Waals surface area contributed by atoms with E-state index in [-0.39, 0.29) is 0 Å². The zero-order valence-electron chi connectivity index (χ0n) is 7.73. The number of nitrogens with zero attached hydrogens (tertiary/aromatic N) is 3. The summed E-state index contributed by atoms with van der Waals surface area (Å²) in [6.45, 7) is 3.37. The van der Waals surface area contributed by atoms with Crippen LogP contribution >= 0.6 is 11.8 Å². The quantitative estimate of drug-likeness (QED) is 0.681. The summed E-state index contributed by atoms with van der Waals surface area (Å²) in [5.74, 6) is 0. The molecule has 0 bridgehead atoms. The number of aryl methyl sites for hydroxylation is 1. The number of ether oxygens (including phenoxy) is 1. The van der Waals surface area contributed by atoms with Crippen LogP contribution in [-0.2, 0) is 4.74 Å². The highest BCUT2D eigenvalue weighted by molar-refractivity contribution is 7.99. The summed E-state index contributed by atoms with van der Waals surface area (Å²) in [5.41, 5.74) is 1.26. The maximum absolute atomic E-state index is 8.72. The largest absolute Gasteiger partial charge is 0.379 e. The van der Waals surface area contributed by atoms with Crippen LogP contribution in [0.25, 0.3) is 0 Å². The Balaban J connectivity index is 2.16. The Morgan fingerprint density at radius 3 is 2.93 bits per heavy atom. The van der Waals surface area contributed by atoms with E-state index < -0.39 is 0 Å². The van der Waals surface area contributed by atoms with Crippen LogP contribution in [-0.4, -0.2) is 28.4 Å². The SMILES string of the molecule is Cc1cc(C#N)nc(SC2COC2)n1. The van der Waals surface area contributed by atoms with Crippen LogP contribution < -0.4 is 0 Å². The van der Waals surface area contributed by atoms with E-state index in [1.54, 1.807) is 17.8 Å². The standard InChI is InChI=1S/C9H9N3OS/c1-6-2-7(3-10)12-9(11-6)14-8-4-13-5-8/h2,8H,4-5H2,1H3. The van der Waals surface area contributed by atoms with Gasteiger partial charge < -0.3 is 4.74 Å². The Bertz CT molecular complexity index is 384. The van der Waals surface area contributed by atoms with Gasteiger partial charge in [-0.25, -0.2) is 9.97 Å². The molecule has 0 radical (unpaired) electrons. The molecule has 0 aromatic carbocycles. The summed E-state index contributed by atoms with van der Waals surface area (Å²) in [7, 11) is 0. The Kier molecular flexibility index (Phi) is 2.66. The molecule has 0 amide bonds. The van der Waals surface area contributed by atoms with E-state index in [0.29, 0.717) is 16.1 Å². The van der Waals surface area contributed by atoms with Gasteiger partial charge in [0, 0.05) is 5.69 Å². The van der Waals surface area contributed by atoms with Gasteiger partial charge in [-0.15, -0.1) is 0 Å². The van der Waals surface area contributed by atoms with Gasteiger partial charge in [0.25, 0.3) is 0 Å². The van der Waals surface area contributed by atoms with Crippen molar-refractivity contribution in [2.24, 2.45) is 0 Å². The first-order chi connectivity index (χ1) is 6.78. The molecule has 1 aromatic heterocycles. The number of aromatic nitrogens is 2. The maximum Gasteiger partial charge on any atom is 0.189 e. The summed E-state index contributed by atoms with van der Waals surface area (Å²) in [5, 5.41) is 9.84. The van der Waals surface area contributed by atoms with E-state index in [1.165, 1.54) is 0 Å². The molecule has 2 rings (SSSR count). The van der Waals surface area contributed by atoms with Gasteiger partial charge in [0.1, 0.15) is 11.8 Å². The van der Waals surface area contributed by atoms with Crippen LogP contribution in [0.5, 0.6) is 0 Å². The van der Waals surface area contributed by atoms with Gasteiger partial charge in [0.15, 0.2) is 5.16 Å². The number of nitriles is 1. The molecular formula is C9H9N3OS. The van der Waals surface area contributed by atoms with Crippen molar-refractivity contribution in [3.63, 3.8) is 0 Å². The lowest BCUT2D eigenvalue weighted by Gasteiger charge is -2.24. The highest BCUT2D eigenvalue weighted by Crippen LogP contribution is 2.25. The minimum absolute atomic E-state index is 0.431. The lowest BCUT2D eigenvalue weighted by Crippen LogP contribution is -2.30. The first-order valence-corrected chi connectivity index (χ1v) is 5.16. The van der Waals surface area contributed by atoms with Gasteiger partial charge in [-0.3, -0.25) is 0 Å². The van der Waals surface area contributed by atoms with Crippen LogP contribution in [0.2, 0.25) is 0 Å². The van der Waals surface area contributed by atoms with Gasteiger partial charge in [-0.2, -0.15) is 5.26 Å². The van der Waals surface area contributed by atoms with E-state index in [4.69, 9.17) is 10.00 Å². The first kappa shape index (κ1) is 9.44. The van der Waals surface area contributed by atoms with Crippen molar-refractivity contribution in [1.29, 1.82) is 5.26 Å². The van der Waals surface area contributed by atoms with Crippen molar-refractivity contribution in [1.82, 2.24) is 9.97 Å². The fraction of sp³-hybridized carbons (Fsp3) is 0.444. The molecule has 1 fully saturated rings. The van der Waals surface area contributed by atoms with Crippen LogP contribution in [0.15, 0.2) is 11.2 Å². The summed E-state index contributed by atoms with van der Waals surface area (Å²) in [6.07, 6.45) is 0. The topological polar surface area (TPSA) is 58.8 Å². The summed E-state index contributed by atoms with van der Waals surface area (Å²) >= 11 is 1.58. The lowest BCUT2D eigenvalue weighted by molar-refractivity contribution is 0.0454. The molecule has 1 saturated heterocycles. The number of thioether (sulfide) groups is 1. The van der Waals surface area contributed by atoms with Crippen molar-refractivity contribution in [2.75, 3.05) is 13.2 Å². The van der Waals surface area contributed by atoms with Crippen molar-refractivity contribution < 1.29 is 4.74 Å². The molecule has 4 nitrogen and oxygen atoms in total. The lowest BCUT2D eigenvalue weighted by atomic mass is 10.4. The second-order valence-electron chi connectivity index (χ2n) is 3.07. The Hall–Kier alpha value is -1.12. The predicted octanol–water partition coefficient (Wildman–Crippen LogP) is 1.15. The molecule has 0 unspecified atom stereocenters. The molecule has 14 heavy (non-hydrogen) atoms. The third-order valence-electron chi connectivity index (χ3n) is 1.83. The Morgan fingerprint density at radius 2 is 2.36 bits per heavy atom. The Labute approximate surface area is 86.3 Å². The fourth-order valence-corrected chi connectivity index (χ4v) is 2.06. The van der Waals surface area contributed by atoms with Crippen LogP contribution in [0.1, 0.15) is 11.4 Å². The second-order valence-corrected chi connectivity index (χ2v) is 4.33. The normalized spacial score (nSPS) is 16.0. The molecular weight excluding hydrogens is 198 g/mol. The van der Waals surface area contributed by atoms with Crippen LogP contribution in [0.4, 0.5) is 0 Å². The molecule has 1 aliphatic rings. The van der Waals surface area contributed by atoms with E-state index in [9.17, 15) is 0 Å². The molecule has 1 aliphatic heterocycles. The molecule has 1 aromatic rings. The average molecular weight is 207 g/mol. The highest BCUT2D eigenvalue weighted by atomic mass is 32.2. The van der Waals surface area contributed by atoms with Crippen molar-refractivity contribution in [3.05, 3.63) is 17.5 Å². The van der Waals surface area contributed by atoms with Gasteiger partial charge in [-0.05, 0) is 13.0 Å². The van der Waals surface area contributed by atoms with Crippen molar-refractivity contribution in [2.45, 2.75) is 17.3 Å². The summed E-state index contributed by atoms with van der Waals surface area (Å²) in [6, 6.07) is 3.70. The molecule has 2 heterocycles. The van der Waals surface area contributed by atoms with Gasteiger partial charge >= 0.3 is 0 Å². The number of rotatable bonds is 2. The highest BCUT2D eigenvalue weighted by Gasteiger charge is 2.21. The van der Waals surface area contributed by atoms with Gasteiger partial charge in [0.2, 0.25) is 0 Å². The third kappa shape index (κ3) is 2.03. The summed E-state index contributed by atoms with van der Waals surface area (Å²) < 4.78 is 5.05. The fourth-order valence-electron chi connectivity index (χ4n) is 1.08. The molecule has 5 heteroatoms. The van der Waals surface area contributed by atoms with Crippen LogP contribution in [0.3, 0.4) is 0 Å².